The Labute approximate surface area is 178 Å². The predicted octanol–water partition coefficient (Wildman–Crippen LogP) is 5.61. The lowest BCUT2D eigenvalue weighted by atomic mass is 10.2. The van der Waals surface area contributed by atoms with Crippen LogP contribution < -0.4 is 10.6 Å². The van der Waals surface area contributed by atoms with Gasteiger partial charge < -0.3 is 10.6 Å². The van der Waals surface area contributed by atoms with Gasteiger partial charge in [0.15, 0.2) is 5.69 Å². The quantitative estimate of drug-likeness (QED) is 0.487. The second-order valence-corrected chi connectivity index (χ2v) is 6.86. The average Bonchev–Trinajstić information content (AvgIpc) is 2.69. The lowest BCUT2D eigenvalue weighted by Crippen LogP contribution is -2.27. The molecule has 0 atom stereocenters. The van der Waals surface area contributed by atoms with Gasteiger partial charge in [0.25, 0.3) is 5.91 Å². The van der Waals surface area contributed by atoms with E-state index in [2.05, 4.69) is 20.6 Å². The summed E-state index contributed by atoms with van der Waals surface area (Å²) in [7, 11) is 0. The van der Waals surface area contributed by atoms with Gasteiger partial charge >= 0.3 is 6.18 Å². The van der Waals surface area contributed by atoms with E-state index >= 15 is 0 Å². The van der Waals surface area contributed by atoms with E-state index in [1.54, 1.807) is 0 Å². The number of carbonyl (C=O) groups is 1. The van der Waals surface area contributed by atoms with Crippen molar-refractivity contribution in [2.45, 2.75) is 12.7 Å². The van der Waals surface area contributed by atoms with Gasteiger partial charge in [-0.15, -0.1) is 0 Å². The number of aromatic nitrogens is 2. The minimum absolute atomic E-state index is 0.103. The van der Waals surface area contributed by atoms with Gasteiger partial charge in [0.1, 0.15) is 5.82 Å². The first-order valence-electron chi connectivity index (χ1n) is 8.32. The second-order valence-electron chi connectivity index (χ2n) is 6.01. The lowest BCUT2D eigenvalue weighted by molar-refractivity contribution is -0.141. The Balaban J connectivity index is 1.84. The molecule has 3 rings (SSSR count). The Bertz CT molecular complexity index is 1080. The molecule has 1 aromatic heterocycles. The highest BCUT2D eigenvalue weighted by Crippen LogP contribution is 2.32. The van der Waals surface area contributed by atoms with Crippen LogP contribution in [-0.2, 0) is 12.7 Å². The summed E-state index contributed by atoms with van der Waals surface area (Å²) >= 11 is 11.8. The monoisotopic (exact) mass is 458 g/mol. The highest BCUT2D eigenvalue weighted by molar-refractivity contribution is 6.35. The topological polar surface area (TPSA) is 66.9 Å². The maximum atomic E-state index is 13.5. The molecule has 0 spiro atoms. The molecule has 0 aliphatic rings. The number of benzene rings is 2. The van der Waals surface area contributed by atoms with Crippen molar-refractivity contribution >= 4 is 40.7 Å². The van der Waals surface area contributed by atoms with E-state index < -0.39 is 35.1 Å². The SMILES string of the molecule is O=C(NCc1ccc(F)cc1)c1cnc(Nc2cc(Cl)ccc2Cl)nc1C(F)(F)F. The number of hydrogen-bond donors (Lipinski definition) is 2. The average molecular weight is 459 g/mol. The van der Waals surface area contributed by atoms with Crippen LogP contribution in [0.3, 0.4) is 0 Å². The van der Waals surface area contributed by atoms with E-state index in [-0.39, 0.29) is 17.3 Å². The number of nitrogens with one attached hydrogen (secondary N) is 2. The second kappa shape index (κ2) is 8.85. The molecule has 2 N–H and O–H groups in total. The summed E-state index contributed by atoms with van der Waals surface area (Å²) in [5, 5.41) is 5.37. The van der Waals surface area contributed by atoms with Crippen LogP contribution >= 0.6 is 23.2 Å². The smallest absolute Gasteiger partial charge is 0.348 e. The third kappa shape index (κ3) is 5.37. The molecule has 0 radical (unpaired) electrons. The highest BCUT2D eigenvalue weighted by Gasteiger charge is 2.38. The van der Waals surface area contributed by atoms with Crippen LogP contribution in [0.25, 0.3) is 0 Å². The van der Waals surface area contributed by atoms with Crippen LogP contribution in [0, 0.1) is 5.82 Å². The molecule has 5 nitrogen and oxygen atoms in total. The van der Waals surface area contributed by atoms with Crippen molar-refractivity contribution in [2.24, 2.45) is 0 Å². The standard InChI is InChI=1S/C19H12Cl2F4N4O/c20-11-3-6-14(21)15(7-11)28-18-27-9-13(16(29-18)19(23,24)25)17(30)26-8-10-1-4-12(22)5-2-10/h1-7,9H,8H2,(H,26,30)(H,27,28,29). The zero-order chi connectivity index (χ0) is 21.9. The molecule has 3 aromatic rings. The van der Waals surface area contributed by atoms with E-state index in [9.17, 15) is 22.4 Å². The number of alkyl halides is 3. The minimum Gasteiger partial charge on any atom is -0.348 e. The summed E-state index contributed by atoms with van der Waals surface area (Å²) in [5.41, 5.74) is -1.47. The number of halogens is 6. The largest absolute Gasteiger partial charge is 0.434 e. The highest BCUT2D eigenvalue weighted by atomic mass is 35.5. The first-order valence-corrected chi connectivity index (χ1v) is 9.08. The maximum Gasteiger partial charge on any atom is 0.434 e. The molecule has 30 heavy (non-hydrogen) atoms. The Morgan fingerprint density at radius 2 is 1.77 bits per heavy atom. The normalized spacial score (nSPS) is 11.3. The summed E-state index contributed by atoms with van der Waals surface area (Å²) in [6.45, 7) is -0.103. The fourth-order valence-electron chi connectivity index (χ4n) is 2.42. The Morgan fingerprint density at radius 3 is 2.43 bits per heavy atom. The molecule has 1 amide bonds. The van der Waals surface area contributed by atoms with Crippen molar-refractivity contribution in [1.82, 2.24) is 15.3 Å². The van der Waals surface area contributed by atoms with Crippen LogP contribution in [0.2, 0.25) is 10.0 Å². The van der Waals surface area contributed by atoms with Crippen LogP contribution in [0.15, 0.2) is 48.7 Å². The Kier molecular flexibility index (Phi) is 6.42. The van der Waals surface area contributed by atoms with E-state index in [1.807, 2.05) is 0 Å². The van der Waals surface area contributed by atoms with Crippen LogP contribution in [-0.4, -0.2) is 15.9 Å². The molecule has 1 heterocycles. The van der Waals surface area contributed by atoms with E-state index in [0.29, 0.717) is 10.6 Å². The summed E-state index contributed by atoms with van der Waals surface area (Å²) in [5.74, 6) is -1.92. The summed E-state index contributed by atoms with van der Waals surface area (Å²) in [6.07, 6.45) is -4.16. The van der Waals surface area contributed by atoms with Crippen molar-refractivity contribution < 1.29 is 22.4 Å². The summed E-state index contributed by atoms with van der Waals surface area (Å²) < 4.78 is 53.4. The maximum absolute atomic E-state index is 13.5. The molecule has 0 saturated carbocycles. The number of rotatable bonds is 5. The van der Waals surface area contributed by atoms with Crippen molar-refractivity contribution in [2.75, 3.05) is 5.32 Å². The fraction of sp³-hybridized carbons (Fsp3) is 0.105. The number of carbonyl (C=O) groups excluding carboxylic acids is 1. The number of nitrogens with zero attached hydrogens (tertiary/aromatic N) is 2. The Morgan fingerprint density at radius 1 is 1.07 bits per heavy atom. The molecule has 0 fully saturated rings. The van der Waals surface area contributed by atoms with Crippen LogP contribution in [0.4, 0.5) is 29.2 Å². The third-order valence-electron chi connectivity index (χ3n) is 3.84. The fourth-order valence-corrected chi connectivity index (χ4v) is 2.75. The predicted molar refractivity (Wildman–Crippen MR) is 104 cm³/mol. The molecule has 0 unspecified atom stereocenters. The third-order valence-corrected chi connectivity index (χ3v) is 4.41. The van der Waals surface area contributed by atoms with Gasteiger partial charge in [0.05, 0.1) is 16.3 Å². The Hall–Kier alpha value is -2.91. The number of hydrogen-bond acceptors (Lipinski definition) is 4. The lowest BCUT2D eigenvalue weighted by Gasteiger charge is -2.14. The molecule has 11 heteroatoms. The molecule has 2 aromatic carbocycles. The van der Waals surface area contributed by atoms with Gasteiger partial charge in [0, 0.05) is 17.8 Å². The molecule has 0 bridgehead atoms. The van der Waals surface area contributed by atoms with Gasteiger partial charge in [0.2, 0.25) is 5.95 Å². The van der Waals surface area contributed by atoms with Crippen molar-refractivity contribution in [1.29, 1.82) is 0 Å². The van der Waals surface area contributed by atoms with E-state index in [1.165, 1.54) is 42.5 Å². The zero-order valence-corrected chi connectivity index (χ0v) is 16.4. The van der Waals surface area contributed by atoms with Gasteiger partial charge in [-0.05, 0) is 35.9 Å². The van der Waals surface area contributed by atoms with Crippen LogP contribution in [0.5, 0.6) is 0 Å². The van der Waals surface area contributed by atoms with Gasteiger partial charge in [-0.2, -0.15) is 13.2 Å². The van der Waals surface area contributed by atoms with Crippen molar-refractivity contribution in [3.8, 4) is 0 Å². The summed E-state index contributed by atoms with van der Waals surface area (Å²) in [6, 6.07) is 9.50. The first-order chi connectivity index (χ1) is 14.1. The minimum atomic E-state index is -4.92. The van der Waals surface area contributed by atoms with Gasteiger partial charge in [-0.3, -0.25) is 4.79 Å². The number of amides is 1. The zero-order valence-electron chi connectivity index (χ0n) is 14.9. The van der Waals surface area contributed by atoms with Crippen molar-refractivity contribution in [3.63, 3.8) is 0 Å². The molecule has 0 aliphatic carbocycles. The van der Waals surface area contributed by atoms with E-state index in [4.69, 9.17) is 23.2 Å². The molecule has 0 aliphatic heterocycles. The molecule has 0 saturated heterocycles. The number of anilines is 2. The molecular formula is C19H12Cl2F4N4O. The van der Waals surface area contributed by atoms with Gasteiger partial charge in [-0.25, -0.2) is 14.4 Å². The molecular weight excluding hydrogens is 447 g/mol. The van der Waals surface area contributed by atoms with E-state index in [0.717, 1.165) is 6.20 Å². The van der Waals surface area contributed by atoms with Crippen molar-refractivity contribution in [3.05, 3.63) is 81.3 Å². The van der Waals surface area contributed by atoms with Crippen LogP contribution in [0.1, 0.15) is 21.6 Å². The first kappa shape index (κ1) is 21.8. The molecule has 156 valence electrons. The van der Waals surface area contributed by atoms with Gasteiger partial charge in [-0.1, -0.05) is 35.3 Å². The summed E-state index contributed by atoms with van der Waals surface area (Å²) in [4.78, 5) is 19.5.